The fourth-order valence-corrected chi connectivity index (χ4v) is 4.80. The minimum absolute atomic E-state index is 0.0336. The summed E-state index contributed by atoms with van der Waals surface area (Å²) in [5.41, 5.74) is 0.180. The molecule has 194 valence electrons. The minimum Gasteiger partial charge on any atom is -0.469 e. The van der Waals surface area contributed by atoms with Gasteiger partial charge in [0.25, 0.3) is 5.91 Å². The maximum Gasteiger partial charge on any atom is 0.308 e. The Bertz CT molecular complexity index is 1230. The van der Waals surface area contributed by atoms with Gasteiger partial charge in [-0.25, -0.2) is 0 Å². The molecule has 1 saturated heterocycles. The smallest absolute Gasteiger partial charge is 0.308 e. The molecule has 2 aliphatic heterocycles. The molecule has 0 aliphatic carbocycles. The van der Waals surface area contributed by atoms with Crippen LogP contribution in [0.25, 0.3) is 10.9 Å². The van der Waals surface area contributed by atoms with Crippen molar-refractivity contribution in [3.8, 4) is 11.5 Å². The number of aryl methyl sites for hydroxylation is 1. The molecule has 1 fully saturated rings. The normalized spacial score (nSPS) is 17.1. The highest BCUT2D eigenvalue weighted by Crippen LogP contribution is 2.35. The van der Waals surface area contributed by atoms with Crippen LogP contribution in [-0.2, 0) is 20.9 Å². The van der Waals surface area contributed by atoms with Crippen molar-refractivity contribution >= 4 is 28.7 Å². The number of nitrogens with one attached hydrogen (secondary N) is 1. The van der Waals surface area contributed by atoms with Gasteiger partial charge in [0.05, 0.1) is 23.9 Å². The Hall–Kier alpha value is -3.56. The van der Waals surface area contributed by atoms with Crippen molar-refractivity contribution in [1.82, 2.24) is 14.8 Å². The lowest BCUT2D eigenvalue weighted by Crippen LogP contribution is -2.54. The average molecular weight is 500 g/mol. The third kappa shape index (κ3) is 4.76. The Morgan fingerprint density at radius 3 is 2.42 bits per heavy atom. The fourth-order valence-electron chi connectivity index (χ4n) is 4.80. The molecule has 3 heterocycles. The first kappa shape index (κ1) is 25.5. The number of methoxy groups -OCH3 is 1. The number of nitrogens with zero attached hydrogens (tertiary/aromatic N) is 2. The molecule has 0 radical (unpaired) electrons. The molecule has 1 aromatic carbocycles. The zero-order valence-electron chi connectivity index (χ0n) is 21.2. The van der Waals surface area contributed by atoms with Crippen LogP contribution < -0.4 is 20.2 Å². The van der Waals surface area contributed by atoms with Gasteiger partial charge in [-0.05, 0) is 31.7 Å². The summed E-state index contributed by atoms with van der Waals surface area (Å²) in [5.74, 6) is -0.424. The lowest BCUT2D eigenvalue weighted by Gasteiger charge is -2.35. The predicted molar refractivity (Wildman–Crippen MR) is 132 cm³/mol. The monoisotopic (exact) mass is 499 g/mol. The summed E-state index contributed by atoms with van der Waals surface area (Å²) < 4.78 is 17.5. The molecule has 1 N–H and O–H groups in total. The van der Waals surface area contributed by atoms with Crippen LogP contribution in [0.3, 0.4) is 0 Å². The van der Waals surface area contributed by atoms with Gasteiger partial charge in [-0.3, -0.25) is 19.2 Å². The zero-order valence-corrected chi connectivity index (χ0v) is 21.2. The third-order valence-electron chi connectivity index (χ3n) is 7.27. The molecular weight excluding hydrogens is 466 g/mol. The summed E-state index contributed by atoms with van der Waals surface area (Å²) in [5, 5.41) is 3.20. The van der Waals surface area contributed by atoms with Crippen LogP contribution >= 0.6 is 0 Å². The number of benzene rings is 1. The number of pyridine rings is 1. The molecule has 4 rings (SSSR count). The number of hydrogen-bond acceptors (Lipinski definition) is 7. The van der Waals surface area contributed by atoms with E-state index in [0.717, 1.165) is 0 Å². The van der Waals surface area contributed by atoms with Crippen LogP contribution in [0.5, 0.6) is 11.5 Å². The van der Waals surface area contributed by atoms with E-state index in [9.17, 15) is 19.2 Å². The van der Waals surface area contributed by atoms with Crippen molar-refractivity contribution in [2.75, 3.05) is 27.0 Å². The molecule has 0 saturated carbocycles. The van der Waals surface area contributed by atoms with Crippen molar-refractivity contribution in [3.63, 3.8) is 0 Å². The molecule has 1 aromatic heterocycles. The summed E-state index contributed by atoms with van der Waals surface area (Å²) in [6.45, 7) is 7.19. The summed E-state index contributed by atoms with van der Waals surface area (Å²) in [4.78, 5) is 53.7. The SMILES string of the molecule is CC[C@@H](C)[C@@H](NC(=O)c1cn(CC)c2cc3c(cc2c1=O)OCO3)C(=O)N1CCC(C(=O)OC)CC1. The maximum absolute atomic E-state index is 13.4. The Kier molecular flexibility index (Phi) is 7.51. The van der Waals surface area contributed by atoms with Crippen LogP contribution in [0, 0.1) is 11.8 Å². The number of rotatable bonds is 7. The first-order chi connectivity index (χ1) is 17.3. The van der Waals surface area contributed by atoms with Crippen LogP contribution in [0.2, 0.25) is 0 Å². The Morgan fingerprint density at radius 1 is 1.14 bits per heavy atom. The molecular formula is C26H33N3O7. The second-order valence-corrected chi connectivity index (χ2v) is 9.34. The third-order valence-corrected chi connectivity index (χ3v) is 7.27. The number of fused-ring (bicyclic) bond motifs is 2. The molecule has 0 bridgehead atoms. The predicted octanol–water partition coefficient (Wildman–Crippen LogP) is 2.31. The number of hydrogen-bond donors (Lipinski definition) is 1. The van der Waals surface area contributed by atoms with Crippen LogP contribution in [0.15, 0.2) is 23.1 Å². The van der Waals surface area contributed by atoms with Gasteiger partial charge in [0.2, 0.25) is 18.1 Å². The van der Waals surface area contributed by atoms with E-state index in [1.54, 1.807) is 17.0 Å². The van der Waals surface area contributed by atoms with Gasteiger partial charge in [0, 0.05) is 31.9 Å². The van der Waals surface area contributed by atoms with Crippen molar-refractivity contribution in [2.24, 2.45) is 11.8 Å². The zero-order chi connectivity index (χ0) is 26.0. The number of carbonyl (C=O) groups excluding carboxylic acids is 3. The second-order valence-electron chi connectivity index (χ2n) is 9.34. The van der Waals surface area contributed by atoms with Gasteiger partial charge in [-0.2, -0.15) is 0 Å². The van der Waals surface area contributed by atoms with E-state index in [1.807, 2.05) is 25.3 Å². The van der Waals surface area contributed by atoms with E-state index in [4.69, 9.17) is 14.2 Å². The maximum atomic E-state index is 13.4. The van der Waals surface area contributed by atoms with Crippen molar-refractivity contribution in [1.29, 1.82) is 0 Å². The number of esters is 1. The van der Waals surface area contributed by atoms with Crippen molar-refractivity contribution in [2.45, 2.75) is 52.6 Å². The molecule has 0 unspecified atom stereocenters. The van der Waals surface area contributed by atoms with Gasteiger partial charge in [0.1, 0.15) is 11.6 Å². The number of likely N-dealkylation sites (tertiary alicyclic amines) is 1. The Morgan fingerprint density at radius 2 is 1.81 bits per heavy atom. The highest BCUT2D eigenvalue weighted by molar-refractivity contribution is 6.00. The molecule has 10 nitrogen and oxygen atoms in total. The van der Waals surface area contributed by atoms with E-state index >= 15 is 0 Å². The lowest BCUT2D eigenvalue weighted by molar-refractivity contribution is -0.149. The second kappa shape index (κ2) is 10.6. The van der Waals surface area contributed by atoms with E-state index in [-0.39, 0.29) is 36.1 Å². The minimum atomic E-state index is -0.792. The van der Waals surface area contributed by atoms with Gasteiger partial charge in [-0.15, -0.1) is 0 Å². The van der Waals surface area contributed by atoms with Gasteiger partial charge < -0.3 is 29.0 Å². The molecule has 10 heteroatoms. The standard InChI is InChI=1S/C26H33N3O7/c1-5-15(3)22(25(32)29-9-7-16(8-10-29)26(33)34-4)27-24(31)18-13-28(6-2)19-12-21-20(35-14-36-21)11-17(19)23(18)30/h11-13,15-16,22H,5-10,14H2,1-4H3,(H,27,31)/t15-,22-/m1/s1. The summed E-state index contributed by atoms with van der Waals surface area (Å²) in [6.07, 6.45) is 3.22. The largest absolute Gasteiger partial charge is 0.469 e. The van der Waals surface area contributed by atoms with Crippen LogP contribution in [0.1, 0.15) is 50.4 Å². The Balaban J connectivity index is 1.59. The first-order valence-corrected chi connectivity index (χ1v) is 12.4. The molecule has 0 spiro atoms. The van der Waals surface area contributed by atoms with E-state index in [0.29, 0.717) is 61.3 Å². The fraction of sp³-hybridized carbons (Fsp3) is 0.538. The van der Waals surface area contributed by atoms with Gasteiger partial charge >= 0.3 is 5.97 Å². The van der Waals surface area contributed by atoms with Gasteiger partial charge in [0.15, 0.2) is 11.5 Å². The summed E-state index contributed by atoms with van der Waals surface area (Å²) >= 11 is 0. The summed E-state index contributed by atoms with van der Waals surface area (Å²) in [6, 6.07) is 2.55. The van der Waals surface area contributed by atoms with E-state index in [1.165, 1.54) is 13.3 Å². The molecule has 2 amide bonds. The number of piperidine rings is 1. The molecule has 36 heavy (non-hydrogen) atoms. The number of ether oxygens (including phenoxy) is 3. The van der Waals surface area contributed by atoms with E-state index < -0.39 is 17.4 Å². The molecule has 2 aromatic rings. The Labute approximate surface area is 209 Å². The first-order valence-electron chi connectivity index (χ1n) is 12.4. The molecule has 2 aliphatic rings. The topological polar surface area (TPSA) is 116 Å². The number of carbonyl (C=O) groups is 3. The lowest BCUT2D eigenvalue weighted by atomic mass is 9.93. The summed E-state index contributed by atoms with van der Waals surface area (Å²) in [7, 11) is 1.36. The highest BCUT2D eigenvalue weighted by atomic mass is 16.7. The quantitative estimate of drug-likeness (QED) is 0.581. The van der Waals surface area contributed by atoms with Gasteiger partial charge in [-0.1, -0.05) is 20.3 Å². The highest BCUT2D eigenvalue weighted by Gasteiger charge is 2.34. The van der Waals surface area contributed by atoms with Crippen LogP contribution in [0.4, 0.5) is 0 Å². The average Bonchev–Trinajstić information content (AvgIpc) is 3.37. The molecule has 2 atom stereocenters. The van der Waals surface area contributed by atoms with Crippen molar-refractivity contribution in [3.05, 3.63) is 34.1 Å². The number of amides is 2. The number of aromatic nitrogens is 1. The van der Waals surface area contributed by atoms with Crippen molar-refractivity contribution < 1.29 is 28.6 Å². The van der Waals surface area contributed by atoms with Crippen LogP contribution in [-0.4, -0.2) is 60.3 Å². The van der Waals surface area contributed by atoms with E-state index in [2.05, 4.69) is 5.32 Å².